The molecule has 0 saturated heterocycles. The molecule has 0 fully saturated rings. The minimum Gasteiger partial charge on any atom is -0.396 e. The van der Waals surface area contributed by atoms with Crippen LogP contribution in [0, 0.1) is 10.1 Å². The first-order valence-electron chi connectivity index (χ1n) is 5.64. The quantitative estimate of drug-likeness (QED) is 0.529. The average Bonchev–Trinajstić information content (AvgIpc) is 2.77. The number of nitro groups is 1. The Labute approximate surface area is 104 Å². The highest BCUT2D eigenvalue weighted by Crippen LogP contribution is 2.05. The standard InChI is InChI=1S/C10H16N4O4/c1-2-8(4-6-15)11-10(16)7-13-5-3-9(12-13)14(17)18/h3,5,8,15H,2,4,6-7H2,1H3,(H,11,16). The Morgan fingerprint density at radius 1 is 1.72 bits per heavy atom. The maximum atomic E-state index is 11.6. The van der Waals surface area contributed by atoms with Gasteiger partial charge in [-0.15, -0.1) is 0 Å². The monoisotopic (exact) mass is 256 g/mol. The summed E-state index contributed by atoms with van der Waals surface area (Å²) < 4.78 is 1.21. The van der Waals surface area contributed by atoms with Gasteiger partial charge in [0.1, 0.15) is 6.54 Å². The average molecular weight is 256 g/mol. The van der Waals surface area contributed by atoms with Crippen LogP contribution in [-0.2, 0) is 11.3 Å². The molecule has 1 heterocycles. The third-order valence-corrected chi connectivity index (χ3v) is 2.45. The number of rotatable bonds is 7. The molecular weight excluding hydrogens is 240 g/mol. The molecule has 1 atom stereocenters. The zero-order valence-corrected chi connectivity index (χ0v) is 10.1. The van der Waals surface area contributed by atoms with Crippen LogP contribution in [0.25, 0.3) is 0 Å². The van der Waals surface area contributed by atoms with Crippen molar-refractivity contribution in [3.63, 3.8) is 0 Å². The zero-order valence-electron chi connectivity index (χ0n) is 10.1. The summed E-state index contributed by atoms with van der Waals surface area (Å²) in [6.07, 6.45) is 2.58. The Morgan fingerprint density at radius 2 is 2.44 bits per heavy atom. The fourth-order valence-electron chi connectivity index (χ4n) is 1.49. The van der Waals surface area contributed by atoms with E-state index in [0.29, 0.717) is 12.8 Å². The zero-order chi connectivity index (χ0) is 13.5. The lowest BCUT2D eigenvalue weighted by atomic mass is 10.1. The van der Waals surface area contributed by atoms with Crippen molar-refractivity contribution in [1.29, 1.82) is 0 Å². The number of amides is 1. The maximum absolute atomic E-state index is 11.6. The molecule has 0 aliphatic carbocycles. The summed E-state index contributed by atoms with van der Waals surface area (Å²) in [5.74, 6) is -0.571. The predicted molar refractivity (Wildman–Crippen MR) is 62.8 cm³/mol. The minimum atomic E-state index is -0.616. The van der Waals surface area contributed by atoms with Crippen LogP contribution < -0.4 is 5.32 Å². The highest BCUT2D eigenvalue weighted by atomic mass is 16.6. The van der Waals surface area contributed by atoms with Gasteiger partial charge in [0.05, 0.1) is 17.4 Å². The van der Waals surface area contributed by atoms with E-state index in [9.17, 15) is 14.9 Å². The van der Waals surface area contributed by atoms with E-state index < -0.39 is 4.92 Å². The molecule has 0 radical (unpaired) electrons. The third-order valence-electron chi connectivity index (χ3n) is 2.45. The van der Waals surface area contributed by atoms with Gasteiger partial charge >= 0.3 is 5.82 Å². The SMILES string of the molecule is CCC(CCO)NC(=O)Cn1ccc([N+](=O)[O-])n1. The Kier molecular flexibility index (Phi) is 5.25. The molecule has 1 unspecified atom stereocenters. The number of carbonyl (C=O) groups excluding carboxylic acids is 1. The number of aliphatic hydroxyl groups excluding tert-OH is 1. The molecule has 2 N–H and O–H groups in total. The minimum absolute atomic E-state index is 0.00598. The number of hydrogen-bond donors (Lipinski definition) is 2. The molecule has 1 aromatic heterocycles. The molecule has 0 aliphatic heterocycles. The van der Waals surface area contributed by atoms with E-state index in [1.165, 1.54) is 16.9 Å². The van der Waals surface area contributed by atoms with Crippen molar-refractivity contribution in [2.75, 3.05) is 6.61 Å². The van der Waals surface area contributed by atoms with Crippen LogP contribution in [0.2, 0.25) is 0 Å². The normalized spacial score (nSPS) is 12.1. The number of carbonyl (C=O) groups is 1. The van der Waals surface area contributed by atoms with Crippen molar-refractivity contribution >= 4 is 11.7 Å². The molecule has 0 aliphatic rings. The Balaban J connectivity index is 2.50. The Hall–Kier alpha value is -1.96. The second-order valence-corrected chi connectivity index (χ2v) is 3.81. The van der Waals surface area contributed by atoms with Gasteiger partial charge in [0.25, 0.3) is 0 Å². The molecule has 1 rings (SSSR count). The molecule has 0 saturated carbocycles. The lowest BCUT2D eigenvalue weighted by Crippen LogP contribution is -2.37. The summed E-state index contributed by atoms with van der Waals surface area (Å²) >= 11 is 0. The third kappa shape index (κ3) is 4.13. The van der Waals surface area contributed by atoms with Crippen molar-refractivity contribution in [3.8, 4) is 0 Å². The first-order chi connectivity index (χ1) is 8.56. The molecule has 0 aromatic carbocycles. The largest absolute Gasteiger partial charge is 0.396 e. The van der Waals surface area contributed by atoms with Crippen molar-refractivity contribution in [1.82, 2.24) is 15.1 Å². The van der Waals surface area contributed by atoms with Crippen molar-refractivity contribution in [2.24, 2.45) is 0 Å². The summed E-state index contributed by atoms with van der Waals surface area (Å²) in [6.45, 7) is 1.83. The van der Waals surface area contributed by atoms with E-state index in [-0.39, 0.29) is 30.9 Å². The Bertz CT molecular complexity index is 418. The van der Waals surface area contributed by atoms with Gasteiger partial charge in [-0.2, -0.15) is 4.68 Å². The molecule has 100 valence electrons. The summed E-state index contributed by atoms with van der Waals surface area (Å²) in [5, 5.41) is 25.6. The van der Waals surface area contributed by atoms with Gasteiger partial charge in [0.2, 0.25) is 5.91 Å². The highest BCUT2D eigenvalue weighted by Gasteiger charge is 2.15. The van der Waals surface area contributed by atoms with E-state index in [1.54, 1.807) is 0 Å². The molecule has 0 spiro atoms. The summed E-state index contributed by atoms with van der Waals surface area (Å²) in [6, 6.07) is 1.14. The van der Waals surface area contributed by atoms with E-state index in [2.05, 4.69) is 10.4 Å². The second-order valence-electron chi connectivity index (χ2n) is 3.81. The van der Waals surface area contributed by atoms with Crippen LogP contribution in [0.5, 0.6) is 0 Å². The molecule has 8 nitrogen and oxygen atoms in total. The van der Waals surface area contributed by atoms with Crippen LogP contribution in [0.4, 0.5) is 5.82 Å². The number of hydrogen-bond acceptors (Lipinski definition) is 5. The summed E-state index contributed by atoms with van der Waals surface area (Å²) in [5.41, 5.74) is 0. The number of nitrogens with zero attached hydrogens (tertiary/aromatic N) is 3. The number of aromatic nitrogens is 2. The van der Waals surface area contributed by atoms with Crippen LogP contribution >= 0.6 is 0 Å². The molecule has 0 bridgehead atoms. The van der Waals surface area contributed by atoms with Gasteiger partial charge in [-0.05, 0) is 17.8 Å². The molecule has 18 heavy (non-hydrogen) atoms. The maximum Gasteiger partial charge on any atom is 0.389 e. The number of aliphatic hydroxyl groups is 1. The summed E-state index contributed by atoms with van der Waals surface area (Å²) in [7, 11) is 0. The van der Waals surface area contributed by atoms with Crippen LogP contribution in [0.3, 0.4) is 0 Å². The van der Waals surface area contributed by atoms with Crippen LogP contribution in [-0.4, -0.2) is 38.4 Å². The smallest absolute Gasteiger partial charge is 0.389 e. The molecule has 1 aromatic rings. The lowest BCUT2D eigenvalue weighted by molar-refractivity contribution is -0.389. The van der Waals surface area contributed by atoms with Gasteiger partial charge in [0.15, 0.2) is 0 Å². The first kappa shape index (κ1) is 14.1. The molecular formula is C10H16N4O4. The topological polar surface area (TPSA) is 110 Å². The van der Waals surface area contributed by atoms with Gasteiger partial charge in [-0.3, -0.25) is 4.79 Å². The van der Waals surface area contributed by atoms with Gasteiger partial charge in [-0.1, -0.05) is 6.92 Å². The van der Waals surface area contributed by atoms with Gasteiger partial charge < -0.3 is 20.5 Å². The van der Waals surface area contributed by atoms with Crippen molar-refractivity contribution in [3.05, 3.63) is 22.4 Å². The van der Waals surface area contributed by atoms with Crippen LogP contribution in [0.15, 0.2) is 12.3 Å². The fourth-order valence-corrected chi connectivity index (χ4v) is 1.49. The first-order valence-corrected chi connectivity index (χ1v) is 5.64. The van der Waals surface area contributed by atoms with Crippen LogP contribution in [0.1, 0.15) is 19.8 Å². The van der Waals surface area contributed by atoms with E-state index in [0.717, 1.165) is 0 Å². The highest BCUT2D eigenvalue weighted by molar-refractivity contribution is 5.75. The fraction of sp³-hybridized carbons (Fsp3) is 0.600. The van der Waals surface area contributed by atoms with E-state index >= 15 is 0 Å². The van der Waals surface area contributed by atoms with Crippen molar-refractivity contribution < 1.29 is 14.8 Å². The number of nitrogens with one attached hydrogen (secondary N) is 1. The summed E-state index contributed by atoms with van der Waals surface area (Å²) in [4.78, 5) is 21.4. The Morgan fingerprint density at radius 3 is 2.94 bits per heavy atom. The lowest BCUT2D eigenvalue weighted by Gasteiger charge is -2.14. The second kappa shape index (κ2) is 6.70. The van der Waals surface area contributed by atoms with E-state index in [4.69, 9.17) is 5.11 Å². The van der Waals surface area contributed by atoms with Crippen molar-refractivity contribution in [2.45, 2.75) is 32.4 Å². The predicted octanol–water partition coefficient (Wildman–Crippen LogP) is 0.0685. The molecule has 8 heteroatoms. The van der Waals surface area contributed by atoms with Gasteiger partial charge in [-0.25, -0.2) is 0 Å². The van der Waals surface area contributed by atoms with E-state index in [1.807, 2.05) is 6.92 Å². The van der Waals surface area contributed by atoms with Gasteiger partial charge in [0, 0.05) is 12.6 Å². The molecule has 1 amide bonds.